The molecule has 0 saturated heterocycles. The van der Waals surface area contributed by atoms with Gasteiger partial charge in [-0.25, -0.2) is 15.0 Å². The van der Waals surface area contributed by atoms with Gasteiger partial charge in [0.15, 0.2) is 5.11 Å². The van der Waals surface area contributed by atoms with Gasteiger partial charge in [-0.15, -0.1) is 0 Å². The summed E-state index contributed by atoms with van der Waals surface area (Å²) in [5.74, 6) is 1.75. The predicted octanol–water partition coefficient (Wildman–Crippen LogP) is 2.16. The quantitative estimate of drug-likeness (QED) is 0.439. The van der Waals surface area contributed by atoms with Crippen molar-refractivity contribution in [1.82, 2.24) is 20.6 Å². The van der Waals surface area contributed by atoms with E-state index in [2.05, 4.69) is 30.9 Å². The van der Waals surface area contributed by atoms with E-state index in [9.17, 15) is 0 Å². The van der Waals surface area contributed by atoms with Gasteiger partial charge in [0.2, 0.25) is 11.9 Å². The molecule has 1 heterocycles. The van der Waals surface area contributed by atoms with Crippen molar-refractivity contribution in [3.63, 3.8) is 0 Å². The highest BCUT2D eigenvalue weighted by molar-refractivity contribution is 7.80. The van der Waals surface area contributed by atoms with Gasteiger partial charge >= 0.3 is 0 Å². The summed E-state index contributed by atoms with van der Waals surface area (Å²) in [5, 5.41) is 9.39. The third-order valence-electron chi connectivity index (χ3n) is 3.25. The van der Waals surface area contributed by atoms with Gasteiger partial charge in [-0.05, 0) is 49.8 Å². The molecule has 0 aliphatic rings. The van der Waals surface area contributed by atoms with Crippen molar-refractivity contribution in [3.8, 4) is 5.75 Å². The average Bonchev–Trinajstić information content (AvgIpc) is 2.59. The van der Waals surface area contributed by atoms with Gasteiger partial charge in [0.1, 0.15) is 5.75 Å². The van der Waals surface area contributed by atoms with Gasteiger partial charge in [-0.3, -0.25) is 5.32 Å². The molecular formula is C17H22N6OS. The molecule has 2 rings (SSSR count). The van der Waals surface area contributed by atoms with Crippen LogP contribution in [0, 0.1) is 13.8 Å². The summed E-state index contributed by atoms with van der Waals surface area (Å²) >= 11 is 5.16. The van der Waals surface area contributed by atoms with Crippen LogP contribution in [0.3, 0.4) is 0 Å². The summed E-state index contributed by atoms with van der Waals surface area (Å²) in [4.78, 5) is 13.3. The van der Waals surface area contributed by atoms with Gasteiger partial charge in [0, 0.05) is 18.4 Å². The molecule has 0 spiro atoms. The maximum absolute atomic E-state index is 5.16. The Morgan fingerprint density at radius 1 is 1.16 bits per heavy atom. The topological polar surface area (TPSA) is 83.5 Å². The lowest BCUT2D eigenvalue weighted by molar-refractivity contribution is 0.414. The molecule has 0 saturated carbocycles. The van der Waals surface area contributed by atoms with Crippen LogP contribution in [0.2, 0.25) is 0 Å². The summed E-state index contributed by atoms with van der Waals surface area (Å²) in [6.07, 6.45) is 0. The van der Waals surface area contributed by atoms with E-state index in [1.54, 1.807) is 14.2 Å². The van der Waals surface area contributed by atoms with Crippen molar-refractivity contribution in [2.24, 2.45) is 4.99 Å². The Morgan fingerprint density at radius 2 is 1.80 bits per heavy atom. The molecule has 7 nitrogen and oxygen atoms in total. The molecule has 25 heavy (non-hydrogen) atoms. The lowest BCUT2D eigenvalue weighted by atomic mass is 10.2. The summed E-state index contributed by atoms with van der Waals surface area (Å²) in [5.41, 5.74) is 2.79. The van der Waals surface area contributed by atoms with E-state index in [1.165, 1.54) is 0 Å². The van der Waals surface area contributed by atoms with Gasteiger partial charge in [0.25, 0.3) is 0 Å². The van der Waals surface area contributed by atoms with Crippen molar-refractivity contribution in [3.05, 3.63) is 47.3 Å². The molecule has 8 heteroatoms. The van der Waals surface area contributed by atoms with Crippen LogP contribution in [0.5, 0.6) is 5.75 Å². The minimum absolute atomic E-state index is 0.449. The number of hydrogen-bond acceptors (Lipinski definition) is 5. The van der Waals surface area contributed by atoms with Crippen LogP contribution in [0.15, 0.2) is 35.3 Å². The number of nitrogens with one attached hydrogen (secondary N) is 3. The normalized spacial score (nSPS) is 11.0. The molecule has 0 amide bonds. The number of rotatable bonds is 4. The minimum Gasteiger partial charge on any atom is -0.497 e. The molecule has 0 atom stereocenters. The third kappa shape index (κ3) is 6.00. The molecule has 2 aromatic rings. The van der Waals surface area contributed by atoms with E-state index in [1.807, 2.05) is 44.2 Å². The zero-order chi connectivity index (χ0) is 18.2. The van der Waals surface area contributed by atoms with E-state index in [0.717, 1.165) is 22.7 Å². The molecule has 132 valence electrons. The molecular weight excluding hydrogens is 336 g/mol. The Kier molecular flexibility index (Phi) is 6.64. The average molecular weight is 358 g/mol. The molecule has 0 unspecified atom stereocenters. The number of hydrogen-bond donors (Lipinski definition) is 3. The van der Waals surface area contributed by atoms with Gasteiger partial charge < -0.3 is 15.4 Å². The molecule has 1 aromatic heterocycles. The first-order chi connectivity index (χ1) is 12.0. The summed E-state index contributed by atoms with van der Waals surface area (Å²) < 4.78 is 5.16. The van der Waals surface area contributed by atoms with E-state index in [-0.39, 0.29) is 0 Å². The highest BCUT2D eigenvalue weighted by Crippen LogP contribution is 2.12. The first-order valence-corrected chi connectivity index (χ1v) is 8.16. The Labute approximate surface area is 152 Å². The van der Waals surface area contributed by atoms with Gasteiger partial charge in [0.05, 0.1) is 13.7 Å². The number of aryl methyl sites for hydroxylation is 2. The molecule has 0 aliphatic carbocycles. The highest BCUT2D eigenvalue weighted by Gasteiger charge is 2.06. The second-order valence-electron chi connectivity index (χ2n) is 5.32. The lowest BCUT2D eigenvalue weighted by Crippen LogP contribution is -2.41. The van der Waals surface area contributed by atoms with Crippen LogP contribution in [0.1, 0.15) is 17.0 Å². The van der Waals surface area contributed by atoms with Crippen molar-refractivity contribution in [2.75, 3.05) is 19.5 Å². The number of aromatic nitrogens is 2. The molecule has 0 radical (unpaired) electrons. The van der Waals surface area contributed by atoms with Crippen LogP contribution < -0.4 is 20.7 Å². The monoisotopic (exact) mass is 358 g/mol. The van der Waals surface area contributed by atoms with Crippen LogP contribution in [0.4, 0.5) is 5.95 Å². The van der Waals surface area contributed by atoms with Crippen LogP contribution in [-0.4, -0.2) is 35.2 Å². The number of guanidine groups is 1. The molecule has 0 aliphatic heterocycles. The zero-order valence-electron chi connectivity index (χ0n) is 14.8. The molecule has 1 aromatic carbocycles. The lowest BCUT2D eigenvalue weighted by Gasteiger charge is -2.12. The van der Waals surface area contributed by atoms with E-state index >= 15 is 0 Å². The number of nitrogens with zero attached hydrogens (tertiary/aromatic N) is 3. The maximum atomic E-state index is 5.16. The Bertz CT molecular complexity index is 740. The fraction of sp³-hybridized carbons (Fsp3) is 0.294. The number of anilines is 1. The summed E-state index contributed by atoms with van der Waals surface area (Å²) in [7, 11) is 3.38. The van der Waals surface area contributed by atoms with E-state index < -0.39 is 0 Å². The third-order valence-corrected chi connectivity index (χ3v) is 3.56. The molecule has 0 bridgehead atoms. The van der Waals surface area contributed by atoms with Crippen molar-refractivity contribution in [2.45, 2.75) is 20.4 Å². The van der Waals surface area contributed by atoms with E-state index in [4.69, 9.17) is 17.0 Å². The zero-order valence-corrected chi connectivity index (χ0v) is 15.6. The SMILES string of the molecule is CNC(=S)NC(=NCc1ccc(OC)cc1)Nc1nc(C)cc(C)n1. The van der Waals surface area contributed by atoms with Crippen molar-refractivity contribution < 1.29 is 4.74 Å². The van der Waals surface area contributed by atoms with Crippen LogP contribution in [-0.2, 0) is 6.54 Å². The Balaban J connectivity index is 2.16. The number of benzene rings is 1. The van der Waals surface area contributed by atoms with Gasteiger partial charge in [-0.2, -0.15) is 0 Å². The van der Waals surface area contributed by atoms with Crippen molar-refractivity contribution in [1.29, 1.82) is 0 Å². The summed E-state index contributed by atoms with van der Waals surface area (Å²) in [6.45, 7) is 4.30. The second kappa shape index (κ2) is 8.93. The second-order valence-corrected chi connectivity index (χ2v) is 5.72. The van der Waals surface area contributed by atoms with Crippen LogP contribution >= 0.6 is 12.2 Å². The fourth-order valence-electron chi connectivity index (χ4n) is 2.07. The first kappa shape index (κ1) is 18.6. The largest absolute Gasteiger partial charge is 0.497 e. The van der Waals surface area contributed by atoms with Crippen LogP contribution in [0.25, 0.3) is 0 Å². The molecule has 0 fully saturated rings. The Hall–Kier alpha value is -2.74. The maximum Gasteiger partial charge on any atom is 0.229 e. The molecule has 3 N–H and O–H groups in total. The minimum atomic E-state index is 0.449. The Morgan fingerprint density at radius 3 is 2.36 bits per heavy atom. The number of ether oxygens (including phenoxy) is 1. The number of aliphatic imine (C=N–C) groups is 1. The number of methoxy groups -OCH3 is 1. The summed E-state index contributed by atoms with van der Waals surface area (Å²) in [6, 6.07) is 9.63. The standard InChI is InChI=1S/C17H22N6OS/c1-11-9-12(2)21-16(20-11)22-15(23-17(25)18-3)19-10-13-5-7-14(24-4)8-6-13/h5-9H,10H2,1-4H3,(H3,18,19,20,21,22,23,25). The predicted molar refractivity (Wildman–Crippen MR) is 104 cm³/mol. The van der Waals surface area contributed by atoms with E-state index in [0.29, 0.717) is 23.6 Å². The number of thiocarbonyl (C=S) groups is 1. The fourth-order valence-corrected chi connectivity index (χ4v) is 2.17. The smallest absolute Gasteiger partial charge is 0.229 e. The van der Waals surface area contributed by atoms with Gasteiger partial charge in [-0.1, -0.05) is 12.1 Å². The highest BCUT2D eigenvalue weighted by atomic mass is 32.1. The first-order valence-electron chi connectivity index (χ1n) is 7.75. The van der Waals surface area contributed by atoms with Crippen molar-refractivity contribution >= 4 is 29.2 Å².